The van der Waals surface area contributed by atoms with Gasteiger partial charge in [-0.1, -0.05) is 17.7 Å². The van der Waals surface area contributed by atoms with Crippen molar-refractivity contribution >= 4 is 27.3 Å². The SMILES string of the molecule is CCOc1ccc(S(=O)(=O)N2CCc3ccc(Cl)cc32)cn1. The highest BCUT2D eigenvalue weighted by atomic mass is 35.5. The molecule has 0 saturated heterocycles. The van der Waals surface area contributed by atoms with Gasteiger partial charge in [0.2, 0.25) is 5.88 Å². The maximum atomic E-state index is 12.8. The number of benzene rings is 1. The molecule has 1 aromatic heterocycles. The second-order valence-electron chi connectivity index (χ2n) is 4.87. The Morgan fingerprint density at radius 3 is 2.82 bits per heavy atom. The van der Waals surface area contributed by atoms with E-state index in [9.17, 15) is 8.42 Å². The summed E-state index contributed by atoms with van der Waals surface area (Å²) in [5, 5.41) is 0.519. The first-order chi connectivity index (χ1) is 10.5. The molecule has 0 aliphatic carbocycles. The molecule has 0 radical (unpaired) electrons. The Balaban J connectivity index is 1.96. The number of aromatic nitrogens is 1. The van der Waals surface area contributed by atoms with Crippen molar-refractivity contribution in [2.45, 2.75) is 18.2 Å². The lowest BCUT2D eigenvalue weighted by Gasteiger charge is -2.19. The third-order valence-corrected chi connectivity index (χ3v) is 5.52. The van der Waals surface area contributed by atoms with Gasteiger partial charge in [-0.15, -0.1) is 0 Å². The molecule has 0 unspecified atom stereocenters. The van der Waals surface area contributed by atoms with E-state index in [-0.39, 0.29) is 4.90 Å². The summed E-state index contributed by atoms with van der Waals surface area (Å²) >= 11 is 5.99. The highest BCUT2D eigenvalue weighted by molar-refractivity contribution is 7.92. The number of sulfonamides is 1. The van der Waals surface area contributed by atoms with Crippen molar-refractivity contribution in [1.29, 1.82) is 0 Å². The van der Waals surface area contributed by atoms with Gasteiger partial charge in [0, 0.05) is 17.6 Å². The molecule has 0 spiro atoms. The van der Waals surface area contributed by atoms with Crippen LogP contribution in [0.3, 0.4) is 0 Å². The molecule has 5 nitrogen and oxygen atoms in total. The van der Waals surface area contributed by atoms with Crippen LogP contribution in [0, 0.1) is 0 Å². The zero-order valence-corrected chi connectivity index (χ0v) is 13.6. The highest BCUT2D eigenvalue weighted by Crippen LogP contribution is 2.34. The summed E-state index contributed by atoms with van der Waals surface area (Å²) in [5.41, 5.74) is 1.62. The number of halogens is 1. The largest absolute Gasteiger partial charge is 0.478 e. The number of ether oxygens (including phenoxy) is 1. The second kappa shape index (κ2) is 5.78. The van der Waals surface area contributed by atoms with Crippen molar-refractivity contribution in [3.63, 3.8) is 0 Å². The number of rotatable bonds is 4. The minimum atomic E-state index is -3.64. The lowest BCUT2D eigenvalue weighted by molar-refractivity contribution is 0.326. The summed E-state index contributed by atoms with van der Waals surface area (Å²) < 4.78 is 32.2. The number of anilines is 1. The molecule has 0 N–H and O–H groups in total. The Morgan fingerprint density at radius 2 is 2.14 bits per heavy atom. The van der Waals surface area contributed by atoms with Gasteiger partial charge in [0.25, 0.3) is 10.0 Å². The van der Waals surface area contributed by atoms with E-state index in [1.165, 1.54) is 16.6 Å². The standard InChI is InChI=1S/C15H15ClN2O3S/c1-2-21-15-6-5-13(10-17-15)22(19,20)18-8-7-11-3-4-12(16)9-14(11)18/h3-6,9-10H,2,7-8H2,1H3. The van der Waals surface area contributed by atoms with Crippen LogP contribution in [0.25, 0.3) is 0 Å². The van der Waals surface area contributed by atoms with Gasteiger partial charge in [0.1, 0.15) is 4.90 Å². The third kappa shape index (κ3) is 2.64. The van der Waals surface area contributed by atoms with Gasteiger partial charge in [0.05, 0.1) is 18.5 Å². The first kappa shape index (κ1) is 15.1. The van der Waals surface area contributed by atoms with E-state index in [1.54, 1.807) is 18.2 Å². The molecule has 3 rings (SSSR count). The smallest absolute Gasteiger partial charge is 0.265 e. The predicted molar refractivity (Wildman–Crippen MR) is 85.1 cm³/mol. The lowest BCUT2D eigenvalue weighted by atomic mass is 10.2. The molecule has 1 aliphatic rings. The number of pyridine rings is 1. The number of hydrogen-bond acceptors (Lipinski definition) is 4. The fraction of sp³-hybridized carbons (Fsp3) is 0.267. The fourth-order valence-electron chi connectivity index (χ4n) is 2.45. The molecule has 0 bridgehead atoms. The monoisotopic (exact) mass is 338 g/mol. The Labute approximate surface area is 134 Å². The van der Waals surface area contributed by atoms with Gasteiger partial charge < -0.3 is 4.74 Å². The van der Waals surface area contributed by atoms with E-state index in [1.807, 2.05) is 13.0 Å². The van der Waals surface area contributed by atoms with Crippen LogP contribution in [-0.4, -0.2) is 26.6 Å². The van der Waals surface area contributed by atoms with E-state index in [0.717, 1.165) is 5.56 Å². The molecule has 0 saturated carbocycles. The van der Waals surface area contributed by atoms with Gasteiger partial charge in [-0.05, 0) is 37.1 Å². The molecule has 0 amide bonds. The van der Waals surface area contributed by atoms with Crippen molar-refractivity contribution in [3.05, 3.63) is 47.1 Å². The van der Waals surface area contributed by atoms with Crippen LogP contribution in [0.4, 0.5) is 5.69 Å². The first-order valence-electron chi connectivity index (χ1n) is 6.92. The fourth-order valence-corrected chi connectivity index (χ4v) is 4.06. The molecule has 116 valence electrons. The molecule has 1 aromatic carbocycles. The molecular formula is C15H15ClN2O3S. The lowest BCUT2D eigenvalue weighted by Crippen LogP contribution is -2.29. The van der Waals surface area contributed by atoms with Crippen LogP contribution in [-0.2, 0) is 16.4 Å². The Bertz CT molecular complexity index is 791. The molecular weight excluding hydrogens is 324 g/mol. The van der Waals surface area contributed by atoms with Crippen molar-refractivity contribution in [1.82, 2.24) is 4.98 Å². The van der Waals surface area contributed by atoms with Gasteiger partial charge >= 0.3 is 0 Å². The van der Waals surface area contributed by atoms with Gasteiger partial charge in [-0.2, -0.15) is 0 Å². The highest BCUT2D eigenvalue weighted by Gasteiger charge is 2.31. The van der Waals surface area contributed by atoms with Gasteiger partial charge in [0.15, 0.2) is 0 Å². The quantitative estimate of drug-likeness (QED) is 0.860. The second-order valence-corrected chi connectivity index (χ2v) is 7.16. The van der Waals surface area contributed by atoms with E-state index in [0.29, 0.717) is 36.2 Å². The van der Waals surface area contributed by atoms with Crippen molar-refractivity contribution < 1.29 is 13.2 Å². The summed E-state index contributed by atoms with van der Waals surface area (Å²) in [6.07, 6.45) is 2.00. The van der Waals surface area contributed by atoms with Crippen molar-refractivity contribution in [2.75, 3.05) is 17.5 Å². The number of fused-ring (bicyclic) bond motifs is 1. The molecule has 2 heterocycles. The molecule has 7 heteroatoms. The summed E-state index contributed by atoms with van der Waals surface area (Å²) in [6, 6.07) is 8.39. The summed E-state index contributed by atoms with van der Waals surface area (Å²) in [5.74, 6) is 0.409. The zero-order valence-electron chi connectivity index (χ0n) is 12.0. The Hall–Kier alpha value is -1.79. The molecule has 1 aliphatic heterocycles. The Morgan fingerprint density at radius 1 is 1.32 bits per heavy atom. The minimum absolute atomic E-state index is 0.142. The third-order valence-electron chi connectivity index (χ3n) is 3.49. The molecule has 0 fully saturated rings. The Kier molecular flexibility index (Phi) is 3.97. The van der Waals surface area contributed by atoms with E-state index in [2.05, 4.69) is 4.98 Å². The van der Waals surface area contributed by atoms with Crippen LogP contribution < -0.4 is 9.04 Å². The average Bonchev–Trinajstić information content (AvgIpc) is 2.92. The molecule has 0 atom stereocenters. The summed E-state index contributed by atoms with van der Waals surface area (Å²) in [4.78, 5) is 4.17. The average molecular weight is 339 g/mol. The summed E-state index contributed by atoms with van der Waals surface area (Å²) in [6.45, 7) is 2.74. The van der Waals surface area contributed by atoms with E-state index < -0.39 is 10.0 Å². The molecule has 22 heavy (non-hydrogen) atoms. The maximum Gasteiger partial charge on any atom is 0.265 e. The van der Waals surface area contributed by atoms with E-state index in [4.69, 9.17) is 16.3 Å². The van der Waals surface area contributed by atoms with E-state index >= 15 is 0 Å². The van der Waals surface area contributed by atoms with Crippen LogP contribution >= 0.6 is 11.6 Å². The van der Waals surface area contributed by atoms with Crippen LogP contribution in [0.15, 0.2) is 41.4 Å². The zero-order chi connectivity index (χ0) is 15.7. The van der Waals surface area contributed by atoms with Crippen LogP contribution in [0.5, 0.6) is 5.88 Å². The minimum Gasteiger partial charge on any atom is -0.478 e. The number of hydrogen-bond donors (Lipinski definition) is 0. The number of nitrogens with zero attached hydrogens (tertiary/aromatic N) is 2. The van der Waals surface area contributed by atoms with Crippen molar-refractivity contribution in [3.8, 4) is 5.88 Å². The van der Waals surface area contributed by atoms with Gasteiger partial charge in [-0.25, -0.2) is 13.4 Å². The molecule has 2 aromatic rings. The maximum absolute atomic E-state index is 12.8. The normalized spacial score (nSPS) is 14.0. The van der Waals surface area contributed by atoms with Crippen LogP contribution in [0.1, 0.15) is 12.5 Å². The van der Waals surface area contributed by atoms with Crippen LogP contribution in [0.2, 0.25) is 5.02 Å². The first-order valence-corrected chi connectivity index (χ1v) is 8.74. The topological polar surface area (TPSA) is 59.5 Å². The predicted octanol–water partition coefficient (Wildman–Crippen LogP) is 2.89. The van der Waals surface area contributed by atoms with Gasteiger partial charge in [-0.3, -0.25) is 4.31 Å². The summed E-state index contributed by atoms with van der Waals surface area (Å²) in [7, 11) is -3.64. The van der Waals surface area contributed by atoms with Crippen molar-refractivity contribution in [2.24, 2.45) is 0 Å².